The molecule has 3 rings (SSSR count). The van der Waals surface area contributed by atoms with Crippen molar-refractivity contribution in [2.45, 2.75) is 18.4 Å². The van der Waals surface area contributed by atoms with Gasteiger partial charge in [-0.05, 0) is 48.5 Å². The summed E-state index contributed by atoms with van der Waals surface area (Å²) in [6.45, 7) is 1.44. The van der Waals surface area contributed by atoms with Gasteiger partial charge in [0.05, 0.1) is 24.2 Å². The normalized spacial score (nSPS) is 11.0. The fourth-order valence-electron chi connectivity index (χ4n) is 2.98. The standard InChI is InChI=1S/C22H21ClN2O4S/c1-16(26)24-19-10-12-21(13-11-19)30(27,28)25(20-8-5-7-18(23)14-20)15-17-6-3-4-9-22(17)29-2/h3-14H,15H2,1-2H3,(H,24,26). The van der Waals surface area contributed by atoms with Gasteiger partial charge in [0, 0.05) is 23.2 Å². The van der Waals surface area contributed by atoms with E-state index >= 15 is 0 Å². The van der Waals surface area contributed by atoms with Gasteiger partial charge in [-0.2, -0.15) is 0 Å². The highest BCUT2D eigenvalue weighted by atomic mass is 35.5. The van der Waals surface area contributed by atoms with Crippen LogP contribution in [0, 0.1) is 0 Å². The van der Waals surface area contributed by atoms with Gasteiger partial charge in [-0.25, -0.2) is 8.42 Å². The van der Waals surface area contributed by atoms with Crippen molar-refractivity contribution in [2.75, 3.05) is 16.7 Å². The molecule has 1 N–H and O–H groups in total. The predicted molar refractivity (Wildman–Crippen MR) is 119 cm³/mol. The number of benzene rings is 3. The van der Waals surface area contributed by atoms with E-state index in [1.807, 2.05) is 18.2 Å². The smallest absolute Gasteiger partial charge is 0.264 e. The minimum Gasteiger partial charge on any atom is -0.496 e. The molecule has 0 saturated heterocycles. The Morgan fingerprint density at radius 2 is 1.73 bits per heavy atom. The lowest BCUT2D eigenvalue weighted by atomic mass is 10.2. The van der Waals surface area contributed by atoms with Gasteiger partial charge in [-0.15, -0.1) is 0 Å². The highest BCUT2D eigenvalue weighted by Gasteiger charge is 2.26. The summed E-state index contributed by atoms with van der Waals surface area (Å²) < 4.78 is 33.7. The molecule has 30 heavy (non-hydrogen) atoms. The maximum atomic E-state index is 13.5. The minimum absolute atomic E-state index is 0.0557. The number of halogens is 1. The number of ether oxygens (including phenoxy) is 1. The van der Waals surface area contributed by atoms with Crippen molar-refractivity contribution in [1.82, 2.24) is 0 Å². The van der Waals surface area contributed by atoms with Crippen molar-refractivity contribution < 1.29 is 17.9 Å². The van der Waals surface area contributed by atoms with E-state index in [9.17, 15) is 13.2 Å². The molecular formula is C22H21ClN2O4S. The highest BCUT2D eigenvalue weighted by Crippen LogP contribution is 2.30. The summed E-state index contributed by atoms with van der Waals surface area (Å²) in [4.78, 5) is 11.3. The number of anilines is 2. The molecule has 0 bridgehead atoms. The molecule has 156 valence electrons. The van der Waals surface area contributed by atoms with E-state index in [1.54, 1.807) is 42.5 Å². The van der Waals surface area contributed by atoms with E-state index in [2.05, 4.69) is 5.32 Å². The van der Waals surface area contributed by atoms with Crippen LogP contribution in [-0.4, -0.2) is 21.4 Å². The van der Waals surface area contributed by atoms with Gasteiger partial charge in [-0.3, -0.25) is 9.10 Å². The molecule has 0 aromatic heterocycles. The van der Waals surface area contributed by atoms with Gasteiger partial charge in [0.15, 0.2) is 0 Å². The SMILES string of the molecule is COc1ccccc1CN(c1cccc(Cl)c1)S(=O)(=O)c1ccc(NC(C)=O)cc1. The second-order valence-corrected chi connectivity index (χ2v) is 8.81. The molecule has 0 aliphatic carbocycles. The number of para-hydroxylation sites is 1. The summed E-state index contributed by atoms with van der Waals surface area (Å²) >= 11 is 6.13. The molecule has 1 amide bonds. The molecule has 0 fully saturated rings. The maximum Gasteiger partial charge on any atom is 0.264 e. The Morgan fingerprint density at radius 1 is 1.03 bits per heavy atom. The van der Waals surface area contributed by atoms with Crippen molar-refractivity contribution in [2.24, 2.45) is 0 Å². The van der Waals surface area contributed by atoms with Crippen LogP contribution in [-0.2, 0) is 21.4 Å². The van der Waals surface area contributed by atoms with Gasteiger partial charge in [0.2, 0.25) is 5.91 Å². The third kappa shape index (κ3) is 4.93. The van der Waals surface area contributed by atoms with E-state index in [0.717, 1.165) is 0 Å². The number of nitrogens with one attached hydrogen (secondary N) is 1. The number of amides is 1. The van der Waals surface area contributed by atoms with Crippen LogP contribution in [0.1, 0.15) is 12.5 Å². The minimum atomic E-state index is -3.93. The Kier molecular flexibility index (Phi) is 6.64. The molecule has 6 nitrogen and oxygen atoms in total. The van der Waals surface area contributed by atoms with E-state index in [0.29, 0.717) is 27.7 Å². The lowest BCUT2D eigenvalue weighted by Gasteiger charge is -2.25. The lowest BCUT2D eigenvalue weighted by molar-refractivity contribution is -0.114. The molecule has 0 spiro atoms. The molecule has 0 saturated carbocycles. The van der Waals surface area contributed by atoms with Crippen LogP contribution in [0.3, 0.4) is 0 Å². The number of hydrogen-bond donors (Lipinski definition) is 1. The first-order chi connectivity index (χ1) is 14.3. The third-order valence-electron chi connectivity index (χ3n) is 4.37. The van der Waals surface area contributed by atoms with Crippen LogP contribution in [0.4, 0.5) is 11.4 Å². The number of methoxy groups -OCH3 is 1. The second kappa shape index (κ2) is 9.19. The predicted octanol–water partition coefficient (Wildman–Crippen LogP) is 4.70. The summed E-state index contributed by atoms with van der Waals surface area (Å²) in [5, 5.41) is 3.05. The largest absolute Gasteiger partial charge is 0.496 e. The highest BCUT2D eigenvalue weighted by molar-refractivity contribution is 7.92. The molecule has 3 aromatic carbocycles. The lowest BCUT2D eigenvalue weighted by Crippen LogP contribution is -2.30. The molecule has 0 atom stereocenters. The summed E-state index contributed by atoms with van der Waals surface area (Å²) in [5.74, 6) is 0.350. The average Bonchev–Trinajstić information content (AvgIpc) is 2.72. The fourth-order valence-corrected chi connectivity index (χ4v) is 4.59. The Morgan fingerprint density at radius 3 is 2.37 bits per heavy atom. The van der Waals surface area contributed by atoms with E-state index < -0.39 is 10.0 Å². The molecule has 8 heteroatoms. The monoisotopic (exact) mass is 444 g/mol. The van der Waals surface area contributed by atoms with Crippen LogP contribution in [0.2, 0.25) is 5.02 Å². The molecule has 0 heterocycles. The van der Waals surface area contributed by atoms with Crippen LogP contribution < -0.4 is 14.4 Å². The van der Waals surface area contributed by atoms with Crippen molar-refractivity contribution in [3.05, 3.63) is 83.4 Å². The van der Waals surface area contributed by atoms with E-state index in [1.165, 1.54) is 30.5 Å². The summed E-state index contributed by atoms with van der Waals surface area (Å²) in [6.07, 6.45) is 0. The molecule has 0 aliphatic heterocycles. The number of carbonyl (C=O) groups is 1. The number of carbonyl (C=O) groups excluding carboxylic acids is 1. The van der Waals surface area contributed by atoms with Gasteiger partial charge >= 0.3 is 0 Å². The first-order valence-corrected chi connectivity index (χ1v) is 10.9. The van der Waals surface area contributed by atoms with Crippen molar-refractivity contribution in [1.29, 1.82) is 0 Å². The summed E-state index contributed by atoms with van der Waals surface area (Å²) in [5.41, 5.74) is 1.65. The van der Waals surface area contributed by atoms with Crippen LogP contribution >= 0.6 is 11.6 Å². The molecule has 0 unspecified atom stereocenters. The molecular weight excluding hydrogens is 424 g/mol. The Labute approximate surface area is 181 Å². The second-order valence-electron chi connectivity index (χ2n) is 6.51. The number of hydrogen-bond acceptors (Lipinski definition) is 4. The van der Waals surface area contributed by atoms with E-state index in [-0.39, 0.29) is 17.3 Å². The average molecular weight is 445 g/mol. The third-order valence-corrected chi connectivity index (χ3v) is 6.39. The van der Waals surface area contributed by atoms with Crippen LogP contribution in [0.15, 0.2) is 77.7 Å². The quantitative estimate of drug-likeness (QED) is 0.573. The zero-order valence-electron chi connectivity index (χ0n) is 16.5. The summed E-state index contributed by atoms with van der Waals surface area (Å²) in [7, 11) is -2.39. The summed E-state index contributed by atoms with van der Waals surface area (Å²) in [6, 6.07) is 19.9. The first-order valence-electron chi connectivity index (χ1n) is 9.09. The molecule has 3 aromatic rings. The maximum absolute atomic E-state index is 13.5. The Balaban J connectivity index is 2.05. The number of nitrogens with zero attached hydrogens (tertiary/aromatic N) is 1. The van der Waals surface area contributed by atoms with Gasteiger partial charge < -0.3 is 10.1 Å². The van der Waals surface area contributed by atoms with Gasteiger partial charge in [-0.1, -0.05) is 35.9 Å². The topological polar surface area (TPSA) is 75.7 Å². The van der Waals surface area contributed by atoms with Crippen LogP contribution in [0.5, 0.6) is 5.75 Å². The van der Waals surface area contributed by atoms with Gasteiger partial charge in [0.1, 0.15) is 5.75 Å². The number of sulfonamides is 1. The Hall–Kier alpha value is -3.03. The van der Waals surface area contributed by atoms with E-state index in [4.69, 9.17) is 16.3 Å². The number of rotatable bonds is 7. The molecule has 0 aliphatic rings. The zero-order valence-corrected chi connectivity index (χ0v) is 18.1. The Bertz CT molecular complexity index is 1150. The molecule has 0 radical (unpaired) electrons. The van der Waals surface area contributed by atoms with Crippen LogP contribution in [0.25, 0.3) is 0 Å². The fraction of sp³-hybridized carbons (Fsp3) is 0.136. The zero-order chi connectivity index (χ0) is 21.7. The van der Waals surface area contributed by atoms with Gasteiger partial charge in [0.25, 0.3) is 10.0 Å². The first kappa shape index (κ1) is 21.7. The van der Waals surface area contributed by atoms with Crippen molar-refractivity contribution in [3.63, 3.8) is 0 Å². The van der Waals surface area contributed by atoms with Crippen molar-refractivity contribution in [3.8, 4) is 5.75 Å². The van der Waals surface area contributed by atoms with Crippen molar-refractivity contribution >= 4 is 38.9 Å².